The van der Waals surface area contributed by atoms with E-state index in [9.17, 15) is 5.11 Å². The molecule has 0 saturated carbocycles. The Morgan fingerprint density at radius 1 is 1.29 bits per heavy atom. The molecule has 76 valence electrons. The first-order valence-electron chi connectivity index (χ1n) is 5.20. The zero-order valence-corrected chi connectivity index (χ0v) is 8.32. The standard InChI is InChI=1S/C11H16N2O/c14-9-10-8-12-5-4-11(10)13-6-2-1-3-7-13/h4-5,8,14H,1-3,6-7,9H2. The molecule has 1 fully saturated rings. The highest BCUT2D eigenvalue weighted by atomic mass is 16.3. The van der Waals surface area contributed by atoms with Crippen LogP contribution in [0.3, 0.4) is 0 Å². The fourth-order valence-corrected chi connectivity index (χ4v) is 1.98. The van der Waals surface area contributed by atoms with Gasteiger partial charge in [0, 0.05) is 36.7 Å². The fraction of sp³-hybridized carbons (Fsp3) is 0.545. The van der Waals surface area contributed by atoms with E-state index in [1.807, 2.05) is 6.07 Å². The van der Waals surface area contributed by atoms with Crippen LogP contribution in [0.1, 0.15) is 24.8 Å². The van der Waals surface area contributed by atoms with Gasteiger partial charge in [-0.3, -0.25) is 4.98 Å². The molecule has 0 unspecified atom stereocenters. The molecule has 1 aliphatic rings. The Morgan fingerprint density at radius 3 is 2.79 bits per heavy atom. The number of pyridine rings is 1. The lowest BCUT2D eigenvalue weighted by Crippen LogP contribution is -2.30. The summed E-state index contributed by atoms with van der Waals surface area (Å²) in [5, 5.41) is 9.18. The van der Waals surface area contributed by atoms with Crippen LogP contribution in [0.4, 0.5) is 5.69 Å². The van der Waals surface area contributed by atoms with Crippen molar-refractivity contribution < 1.29 is 5.11 Å². The third kappa shape index (κ3) is 1.87. The molecule has 0 radical (unpaired) electrons. The number of hydrogen-bond donors (Lipinski definition) is 1. The second kappa shape index (κ2) is 4.42. The molecule has 2 rings (SSSR count). The van der Waals surface area contributed by atoms with Gasteiger partial charge in [0.1, 0.15) is 0 Å². The maximum atomic E-state index is 9.18. The Morgan fingerprint density at radius 2 is 2.07 bits per heavy atom. The van der Waals surface area contributed by atoms with E-state index in [0.29, 0.717) is 0 Å². The van der Waals surface area contributed by atoms with Crippen LogP contribution in [0, 0.1) is 0 Å². The van der Waals surface area contributed by atoms with Crippen molar-refractivity contribution in [2.24, 2.45) is 0 Å². The minimum Gasteiger partial charge on any atom is -0.392 e. The number of nitrogens with zero attached hydrogens (tertiary/aromatic N) is 2. The molecule has 1 aliphatic heterocycles. The number of aliphatic hydroxyl groups excluding tert-OH is 1. The molecule has 0 aromatic carbocycles. The van der Waals surface area contributed by atoms with Crippen LogP contribution >= 0.6 is 0 Å². The van der Waals surface area contributed by atoms with Crippen LogP contribution in [0.2, 0.25) is 0 Å². The van der Waals surface area contributed by atoms with Crippen LogP contribution in [0.25, 0.3) is 0 Å². The lowest BCUT2D eigenvalue weighted by Gasteiger charge is -2.30. The number of rotatable bonds is 2. The van der Waals surface area contributed by atoms with Crippen molar-refractivity contribution in [2.75, 3.05) is 18.0 Å². The minimum atomic E-state index is 0.0830. The summed E-state index contributed by atoms with van der Waals surface area (Å²) in [6, 6.07) is 2.00. The van der Waals surface area contributed by atoms with Gasteiger partial charge in [-0.05, 0) is 25.3 Å². The highest BCUT2D eigenvalue weighted by Crippen LogP contribution is 2.22. The number of aromatic nitrogens is 1. The van der Waals surface area contributed by atoms with Crippen molar-refractivity contribution >= 4 is 5.69 Å². The Kier molecular flexibility index (Phi) is 2.99. The van der Waals surface area contributed by atoms with Crippen molar-refractivity contribution in [3.8, 4) is 0 Å². The number of hydrogen-bond acceptors (Lipinski definition) is 3. The predicted molar refractivity (Wildman–Crippen MR) is 56.2 cm³/mol. The van der Waals surface area contributed by atoms with E-state index in [1.54, 1.807) is 12.4 Å². The normalized spacial score (nSPS) is 17.1. The highest BCUT2D eigenvalue weighted by molar-refractivity contribution is 5.52. The van der Waals surface area contributed by atoms with Crippen molar-refractivity contribution in [3.63, 3.8) is 0 Å². The van der Waals surface area contributed by atoms with E-state index < -0.39 is 0 Å². The lowest BCUT2D eigenvalue weighted by atomic mass is 10.1. The first kappa shape index (κ1) is 9.46. The van der Waals surface area contributed by atoms with Crippen molar-refractivity contribution in [3.05, 3.63) is 24.0 Å². The molecule has 1 N–H and O–H groups in total. The molecule has 1 aromatic heterocycles. The summed E-state index contributed by atoms with van der Waals surface area (Å²) < 4.78 is 0. The van der Waals surface area contributed by atoms with Crippen LogP contribution in [-0.2, 0) is 6.61 Å². The van der Waals surface area contributed by atoms with Crippen molar-refractivity contribution in [1.29, 1.82) is 0 Å². The largest absolute Gasteiger partial charge is 0.392 e. The second-order valence-corrected chi connectivity index (χ2v) is 3.71. The van der Waals surface area contributed by atoms with Crippen LogP contribution in [-0.4, -0.2) is 23.2 Å². The number of aliphatic hydroxyl groups is 1. The van der Waals surface area contributed by atoms with Gasteiger partial charge in [0.2, 0.25) is 0 Å². The Balaban J connectivity index is 2.20. The van der Waals surface area contributed by atoms with Gasteiger partial charge in [-0.1, -0.05) is 0 Å². The van der Waals surface area contributed by atoms with Crippen LogP contribution < -0.4 is 4.90 Å². The monoisotopic (exact) mass is 192 g/mol. The molecule has 3 heteroatoms. The van der Waals surface area contributed by atoms with Gasteiger partial charge in [0.05, 0.1) is 6.61 Å². The molecule has 0 spiro atoms. The third-order valence-corrected chi connectivity index (χ3v) is 2.74. The first-order chi connectivity index (χ1) is 6.92. The molecule has 1 saturated heterocycles. The molecule has 2 heterocycles. The third-order valence-electron chi connectivity index (χ3n) is 2.74. The van der Waals surface area contributed by atoms with E-state index in [2.05, 4.69) is 9.88 Å². The zero-order chi connectivity index (χ0) is 9.80. The van der Waals surface area contributed by atoms with E-state index in [-0.39, 0.29) is 6.61 Å². The molecule has 0 aliphatic carbocycles. The Hall–Kier alpha value is -1.09. The first-order valence-corrected chi connectivity index (χ1v) is 5.20. The summed E-state index contributed by atoms with van der Waals surface area (Å²) in [5.41, 5.74) is 2.09. The molecule has 14 heavy (non-hydrogen) atoms. The van der Waals surface area contributed by atoms with E-state index in [4.69, 9.17) is 0 Å². The second-order valence-electron chi connectivity index (χ2n) is 3.71. The van der Waals surface area contributed by atoms with Crippen molar-refractivity contribution in [1.82, 2.24) is 4.98 Å². The molecule has 0 bridgehead atoms. The SMILES string of the molecule is OCc1cnccc1N1CCCCC1. The summed E-state index contributed by atoms with van der Waals surface area (Å²) in [7, 11) is 0. The van der Waals surface area contributed by atoms with E-state index in [0.717, 1.165) is 24.3 Å². The summed E-state index contributed by atoms with van der Waals surface area (Å²) in [4.78, 5) is 6.37. The summed E-state index contributed by atoms with van der Waals surface area (Å²) in [6.07, 6.45) is 7.39. The Labute approximate surface area is 84.4 Å². The van der Waals surface area contributed by atoms with E-state index >= 15 is 0 Å². The molecular weight excluding hydrogens is 176 g/mol. The zero-order valence-electron chi connectivity index (χ0n) is 8.32. The topological polar surface area (TPSA) is 36.4 Å². The fourth-order valence-electron chi connectivity index (χ4n) is 1.98. The number of anilines is 1. The summed E-state index contributed by atoms with van der Waals surface area (Å²) >= 11 is 0. The van der Waals surface area contributed by atoms with Gasteiger partial charge in [-0.2, -0.15) is 0 Å². The minimum absolute atomic E-state index is 0.0830. The van der Waals surface area contributed by atoms with Gasteiger partial charge in [-0.25, -0.2) is 0 Å². The molecule has 0 atom stereocenters. The van der Waals surface area contributed by atoms with Crippen LogP contribution in [0.15, 0.2) is 18.5 Å². The number of piperidine rings is 1. The van der Waals surface area contributed by atoms with Crippen molar-refractivity contribution in [2.45, 2.75) is 25.9 Å². The maximum absolute atomic E-state index is 9.18. The van der Waals surface area contributed by atoms with Gasteiger partial charge in [0.15, 0.2) is 0 Å². The smallest absolute Gasteiger partial charge is 0.0717 e. The lowest BCUT2D eigenvalue weighted by molar-refractivity contribution is 0.281. The summed E-state index contributed by atoms with van der Waals surface area (Å²) in [5.74, 6) is 0. The van der Waals surface area contributed by atoms with Gasteiger partial charge >= 0.3 is 0 Å². The van der Waals surface area contributed by atoms with Gasteiger partial charge < -0.3 is 10.0 Å². The molecule has 1 aromatic rings. The predicted octanol–water partition coefficient (Wildman–Crippen LogP) is 1.56. The molecular formula is C11H16N2O. The van der Waals surface area contributed by atoms with E-state index in [1.165, 1.54) is 19.3 Å². The quantitative estimate of drug-likeness (QED) is 0.772. The van der Waals surface area contributed by atoms with Gasteiger partial charge in [0.25, 0.3) is 0 Å². The maximum Gasteiger partial charge on any atom is 0.0717 e. The average molecular weight is 192 g/mol. The highest BCUT2D eigenvalue weighted by Gasteiger charge is 2.13. The van der Waals surface area contributed by atoms with Crippen LogP contribution in [0.5, 0.6) is 0 Å². The van der Waals surface area contributed by atoms with Gasteiger partial charge in [-0.15, -0.1) is 0 Å². The Bertz CT molecular complexity index is 295. The average Bonchev–Trinajstić information content (AvgIpc) is 2.30. The molecule has 0 amide bonds. The summed E-state index contributed by atoms with van der Waals surface area (Å²) in [6.45, 7) is 2.30. The molecule has 3 nitrogen and oxygen atoms in total.